The number of aryl methyl sites for hydroxylation is 1. The van der Waals surface area contributed by atoms with E-state index in [9.17, 15) is 9.59 Å². The zero-order chi connectivity index (χ0) is 16.5. The van der Waals surface area contributed by atoms with Crippen LogP contribution >= 0.6 is 0 Å². The second-order valence-electron chi connectivity index (χ2n) is 5.01. The van der Waals surface area contributed by atoms with Crippen molar-refractivity contribution in [2.75, 3.05) is 38.6 Å². The first kappa shape index (κ1) is 18.0. The number of hydrogen-bond donors (Lipinski definition) is 2. The summed E-state index contributed by atoms with van der Waals surface area (Å²) < 4.78 is 5.24. The zero-order valence-electron chi connectivity index (χ0n) is 13.7. The molecule has 0 aliphatic rings. The van der Waals surface area contributed by atoms with Gasteiger partial charge in [-0.25, -0.2) is 0 Å². The van der Waals surface area contributed by atoms with Crippen molar-refractivity contribution in [2.45, 2.75) is 20.8 Å². The normalized spacial score (nSPS) is 10.4. The smallest absolute Gasteiger partial charge is 0.238 e. The van der Waals surface area contributed by atoms with E-state index in [0.717, 1.165) is 5.56 Å². The van der Waals surface area contributed by atoms with E-state index in [1.807, 2.05) is 39.0 Å². The third kappa shape index (κ3) is 5.73. The van der Waals surface area contributed by atoms with Crippen LogP contribution in [-0.4, -0.2) is 50.0 Å². The minimum atomic E-state index is -0.171. The van der Waals surface area contributed by atoms with Gasteiger partial charge in [0, 0.05) is 6.54 Å². The summed E-state index contributed by atoms with van der Waals surface area (Å²) in [5, 5.41) is 5.56. The third-order valence-corrected chi connectivity index (χ3v) is 3.18. The summed E-state index contributed by atoms with van der Waals surface area (Å²) in [6, 6.07) is 5.59. The average molecular weight is 307 g/mol. The van der Waals surface area contributed by atoms with Gasteiger partial charge in [-0.1, -0.05) is 13.0 Å². The van der Waals surface area contributed by atoms with Crippen LogP contribution in [0.25, 0.3) is 0 Å². The number of anilines is 1. The highest BCUT2D eigenvalue weighted by molar-refractivity contribution is 5.94. The highest BCUT2D eigenvalue weighted by Gasteiger charge is 2.14. The van der Waals surface area contributed by atoms with Gasteiger partial charge in [-0.2, -0.15) is 0 Å². The van der Waals surface area contributed by atoms with Crippen molar-refractivity contribution in [3.63, 3.8) is 0 Å². The lowest BCUT2D eigenvalue weighted by Crippen LogP contribution is -2.41. The van der Waals surface area contributed by atoms with Gasteiger partial charge in [0.05, 0.1) is 25.9 Å². The molecule has 2 amide bonds. The highest BCUT2D eigenvalue weighted by Crippen LogP contribution is 2.25. The SMILES string of the molecule is CCNC(=O)CN(CC)CC(=O)Nc1cc(C)ccc1OC. The Morgan fingerprint density at radius 2 is 1.86 bits per heavy atom. The van der Waals surface area contributed by atoms with Crippen LogP contribution in [0.3, 0.4) is 0 Å². The van der Waals surface area contributed by atoms with Crippen LogP contribution in [0.15, 0.2) is 18.2 Å². The first-order valence-corrected chi connectivity index (χ1v) is 7.43. The Morgan fingerprint density at radius 1 is 1.18 bits per heavy atom. The Hall–Kier alpha value is -2.08. The summed E-state index contributed by atoms with van der Waals surface area (Å²) in [5.41, 5.74) is 1.67. The molecule has 1 rings (SSSR count). The maximum atomic E-state index is 12.2. The van der Waals surface area contributed by atoms with Gasteiger partial charge in [-0.15, -0.1) is 0 Å². The van der Waals surface area contributed by atoms with Crippen LogP contribution in [0.5, 0.6) is 5.75 Å². The van der Waals surface area contributed by atoms with E-state index < -0.39 is 0 Å². The minimum absolute atomic E-state index is 0.0784. The molecule has 22 heavy (non-hydrogen) atoms. The molecule has 0 atom stereocenters. The summed E-state index contributed by atoms with van der Waals surface area (Å²) >= 11 is 0. The zero-order valence-corrected chi connectivity index (χ0v) is 13.7. The third-order valence-electron chi connectivity index (χ3n) is 3.18. The Balaban J connectivity index is 2.64. The number of rotatable bonds is 8. The molecule has 6 nitrogen and oxygen atoms in total. The molecule has 0 heterocycles. The second kappa shape index (κ2) is 9.04. The fraction of sp³-hybridized carbons (Fsp3) is 0.500. The van der Waals surface area contributed by atoms with Gasteiger partial charge in [0.1, 0.15) is 5.75 Å². The Kier molecular flexibility index (Phi) is 7.39. The van der Waals surface area contributed by atoms with E-state index >= 15 is 0 Å². The molecule has 0 unspecified atom stereocenters. The Morgan fingerprint density at radius 3 is 2.45 bits per heavy atom. The first-order valence-electron chi connectivity index (χ1n) is 7.43. The molecular formula is C16H25N3O3. The standard InChI is InChI=1S/C16H25N3O3/c1-5-17-15(20)10-19(6-2)11-16(21)18-13-9-12(3)7-8-14(13)22-4/h7-9H,5-6,10-11H2,1-4H3,(H,17,20)(H,18,21). The van der Waals surface area contributed by atoms with Gasteiger partial charge in [0.25, 0.3) is 0 Å². The van der Waals surface area contributed by atoms with Crippen LogP contribution in [0, 0.1) is 6.92 Å². The molecule has 0 bridgehead atoms. The van der Waals surface area contributed by atoms with Crippen LogP contribution in [-0.2, 0) is 9.59 Å². The molecule has 0 saturated heterocycles. The lowest BCUT2D eigenvalue weighted by atomic mass is 10.2. The number of methoxy groups -OCH3 is 1. The lowest BCUT2D eigenvalue weighted by molar-refractivity contribution is -0.123. The number of hydrogen-bond acceptors (Lipinski definition) is 4. The lowest BCUT2D eigenvalue weighted by Gasteiger charge is -2.19. The van der Waals surface area contributed by atoms with Gasteiger partial charge in [0.2, 0.25) is 11.8 Å². The summed E-state index contributed by atoms with van der Waals surface area (Å²) in [6.45, 7) is 7.30. The number of ether oxygens (including phenoxy) is 1. The van der Waals surface area contributed by atoms with Crippen LogP contribution in [0.2, 0.25) is 0 Å². The van der Waals surface area contributed by atoms with Crippen LogP contribution in [0.1, 0.15) is 19.4 Å². The van der Waals surface area contributed by atoms with Crippen molar-refractivity contribution in [1.82, 2.24) is 10.2 Å². The van der Waals surface area contributed by atoms with E-state index in [0.29, 0.717) is 24.5 Å². The summed E-state index contributed by atoms with van der Waals surface area (Å²) in [6.07, 6.45) is 0. The average Bonchev–Trinajstić information content (AvgIpc) is 2.47. The van der Waals surface area contributed by atoms with E-state index in [-0.39, 0.29) is 24.9 Å². The molecule has 0 radical (unpaired) electrons. The molecule has 122 valence electrons. The summed E-state index contributed by atoms with van der Waals surface area (Å²) in [7, 11) is 1.56. The van der Waals surface area contributed by atoms with Crippen molar-refractivity contribution < 1.29 is 14.3 Å². The molecule has 1 aromatic carbocycles. The van der Waals surface area contributed by atoms with Gasteiger partial charge in [-0.05, 0) is 38.1 Å². The van der Waals surface area contributed by atoms with Crippen molar-refractivity contribution in [1.29, 1.82) is 0 Å². The maximum absolute atomic E-state index is 12.2. The second-order valence-corrected chi connectivity index (χ2v) is 5.01. The van der Waals surface area contributed by atoms with Crippen molar-refractivity contribution >= 4 is 17.5 Å². The van der Waals surface area contributed by atoms with Gasteiger partial charge in [0.15, 0.2) is 0 Å². The minimum Gasteiger partial charge on any atom is -0.495 e. The van der Waals surface area contributed by atoms with E-state index in [2.05, 4.69) is 10.6 Å². The Labute approximate surface area is 131 Å². The molecule has 0 aliphatic heterocycles. The first-order chi connectivity index (χ1) is 10.5. The van der Waals surface area contributed by atoms with Crippen LogP contribution in [0.4, 0.5) is 5.69 Å². The number of amides is 2. The molecule has 6 heteroatoms. The van der Waals surface area contributed by atoms with Crippen LogP contribution < -0.4 is 15.4 Å². The molecule has 0 aromatic heterocycles. The fourth-order valence-corrected chi connectivity index (χ4v) is 2.05. The molecule has 0 saturated carbocycles. The molecule has 0 fully saturated rings. The maximum Gasteiger partial charge on any atom is 0.238 e. The van der Waals surface area contributed by atoms with E-state index in [1.165, 1.54) is 0 Å². The number of benzene rings is 1. The molecule has 0 aliphatic carbocycles. The fourth-order valence-electron chi connectivity index (χ4n) is 2.05. The van der Waals surface area contributed by atoms with Crippen molar-refractivity contribution in [3.05, 3.63) is 23.8 Å². The number of nitrogens with zero attached hydrogens (tertiary/aromatic N) is 1. The predicted octanol–water partition coefficient (Wildman–Crippen LogP) is 1.40. The quantitative estimate of drug-likeness (QED) is 0.761. The number of carbonyl (C=O) groups is 2. The highest BCUT2D eigenvalue weighted by atomic mass is 16.5. The number of nitrogens with one attached hydrogen (secondary N) is 2. The van der Waals surface area contributed by atoms with E-state index in [1.54, 1.807) is 12.0 Å². The van der Waals surface area contributed by atoms with Crippen molar-refractivity contribution in [3.8, 4) is 5.75 Å². The number of carbonyl (C=O) groups excluding carboxylic acids is 2. The topological polar surface area (TPSA) is 70.7 Å². The molecule has 0 spiro atoms. The monoisotopic (exact) mass is 307 g/mol. The predicted molar refractivity (Wildman–Crippen MR) is 87.2 cm³/mol. The summed E-state index contributed by atoms with van der Waals surface area (Å²) in [5.74, 6) is 0.367. The van der Waals surface area contributed by atoms with E-state index in [4.69, 9.17) is 4.74 Å². The Bertz CT molecular complexity index is 517. The molecule has 1 aromatic rings. The molecular weight excluding hydrogens is 282 g/mol. The molecule has 2 N–H and O–H groups in total. The van der Waals surface area contributed by atoms with Gasteiger partial charge in [-0.3, -0.25) is 14.5 Å². The number of likely N-dealkylation sites (N-methyl/N-ethyl adjacent to an activating group) is 2. The van der Waals surface area contributed by atoms with Crippen molar-refractivity contribution in [2.24, 2.45) is 0 Å². The largest absolute Gasteiger partial charge is 0.495 e. The van der Waals surface area contributed by atoms with Gasteiger partial charge < -0.3 is 15.4 Å². The summed E-state index contributed by atoms with van der Waals surface area (Å²) in [4.78, 5) is 25.5. The van der Waals surface area contributed by atoms with Gasteiger partial charge >= 0.3 is 0 Å².